The van der Waals surface area contributed by atoms with E-state index in [1.165, 1.54) is 28.7 Å². The van der Waals surface area contributed by atoms with Gasteiger partial charge < -0.3 is 0 Å². The second-order valence-electron chi connectivity index (χ2n) is 3.73. The van der Waals surface area contributed by atoms with E-state index in [0.29, 0.717) is 0 Å². The Hall–Kier alpha value is -0.780. The van der Waals surface area contributed by atoms with Crippen molar-refractivity contribution in [2.24, 2.45) is 0 Å². The van der Waals surface area contributed by atoms with Gasteiger partial charge in [0.25, 0.3) is 0 Å². The smallest absolute Gasteiger partial charge is 0.0392 e. The van der Waals surface area contributed by atoms with Gasteiger partial charge in [-0.25, -0.2) is 0 Å². The van der Waals surface area contributed by atoms with Gasteiger partial charge in [0.2, 0.25) is 0 Å². The summed E-state index contributed by atoms with van der Waals surface area (Å²) in [5.74, 6) is 0. The Morgan fingerprint density at radius 1 is 0.800 bits per heavy atom. The Morgan fingerprint density at radius 2 is 1.07 bits per heavy atom. The molecule has 0 amide bonds. The molecule has 0 aliphatic heterocycles. The van der Waals surface area contributed by atoms with E-state index in [4.69, 9.17) is 0 Å². The molecule has 0 aliphatic carbocycles. The topological polar surface area (TPSA) is 0 Å². The number of benzene rings is 1. The quantitative estimate of drug-likeness (QED) is 0.538. The minimum absolute atomic E-state index is 1.25. The minimum Gasteiger partial charge on any atom is -0.0683 e. The summed E-state index contributed by atoms with van der Waals surface area (Å²) >= 11 is 0. The summed E-state index contributed by atoms with van der Waals surface area (Å²) in [6.45, 7) is 16.9. The fraction of sp³-hybridized carbons (Fsp3) is 0.600. The van der Waals surface area contributed by atoms with Crippen LogP contribution in [-0.4, -0.2) is 0 Å². The fourth-order valence-electron chi connectivity index (χ4n) is 1.25. The SMILES string of the molecule is CC.CCC.Cc1cc(C)c(C)c(C)c1. The van der Waals surface area contributed by atoms with Gasteiger partial charge in [-0.3, -0.25) is 0 Å². The summed E-state index contributed by atoms with van der Waals surface area (Å²) in [7, 11) is 0. The van der Waals surface area contributed by atoms with Gasteiger partial charge in [0.05, 0.1) is 0 Å². The molecule has 0 heteroatoms. The normalized spacial score (nSPS) is 8.27. The lowest BCUT2D eigenvalue weighted by molar-refractivity contribution is 1.09. The molecule has 0 aliphatic rings. The van der Waals surface area contributed by atoms with Crippen LogP contribution < -0.4 is 0 Å². The van der Waals surface area contributed by atoms with Crippen molar-refractivity contribution in [3.8, 4) is 0 Å². The molecule has 0 bridgehead atoms. The fourth-order valence-corrected chi connectivity index (χ4v) is 1.25. The summed E-state index contributed by atoms with van der Waals surface area (Å²) in [5.41, 5.74) is 5.58. The van der Waals surface area contributed by atoms with Gasteiger partial charge in [-0.15, -0.1) is 0 Å². The maximum Gasteiger partial charge on any atom is -0.0392 e. The molecule has 15 heavy (non-hydrogen) atoms. The van der Waals surface area contributed by atoms with E-state index in [1.54, 1.807) is 0 Å². The number of hydrogen-bond acceptors (Lipinski definition) is 0. The predicted molar refractivity (Wildman–Crippen MR) is 72.7 cm³/mol. The van der Waals surface area contributed by atoms with Crippen LogP contribution in [0.1, 0.15) is 56.4 Å². The summed E-state index contributed by atoms with van der Waals surface area (Å²) in [5, 5.41) is 0. The van der Waals surface area contributed by atoms with Gasteiger partial charge in [-0.2, -0.15) is 0 Å². The van der Waals surface area contributed by atoms with Gasteiger partial charge >= 0.3 is 0 Å². The van der Waals surface area contributed by atoms with Crippen molar-refractivity contribution in [3.05, 3.63) is 34.4 Å². The van der Waals surface area contributed by atoms with E-state index < -0.39 is 0 Å². The van der Waals surface area contributed by atoms with E-state index >= 15 is 0 Å². The highest BCUT2D eigenvalue weighted by atomic mass is 14.0. The highest BCUT2D eigenvalue weighted by Gasteiger charge is 1.95. The Bertz CT molecular complexity index is 236. The maximum atomic E-state index is 2.22. The van der Waals surface area contributed by atoms with Crippen LogP contribution in [0, 0.1) is 27.7 Å². The van der Waals surface area contributed by atoms with E-state index in [-0.39, 0.29) is 0 Å². The summed E-state index contributed by atoms with van der Waals surface area (Å²) in [6, 6.07) is 4.45. The highest BCUT2D eigenvalue weighted by Crippen LogP contribution is 2.13. The van der Waals surface area contributed by atoms with Gasteiger partial charge in [0.15, 0.2) is 0 Å². The molecule has 0 heterocycles. The Kier molecular flexibility index (Phi) is 10.8. The lowest BCUT2D eigenvalue weighted by Crippen LogP contribution is -1.86. The second kappa shape index (κ2) is 9.76. The maximum absolute atomic E-state index is 2.22. The zero-order valence-corrected chi connectivity index (χ0v) is 11.9. The zero-order valence-electron chi connectivity index (χ0n) is 11.9. The molecular formula is C15H28. The molecular weight excluding hydrogens is 180 g/mol. The van der Waals surface area contributed by atoms with E-state index in [9.17, 15) is 0 Å². The monoisotopic (exact) mass is 208 g/mol. The molecule has 0 unspecified atom stereocenters. The molecule has 0 nitrogen and oxygen atoms in total. The molecule has 88 valence electrons. The van der Waals surface area contributed by atoms with Crippen molar-refractivity contribution >= 4 is 0 Å². The predicted octanol–water partition coefficient (Wildman–Crippen LogP) is 5.36. The molecule has 0 N–H and O–H groups in total. The van der Waals surface area contributed by atoms with E-state index in [0.717, 1.165) is 0 Å². The lowest BCUT2D eigenvalue weighted by Gasteiger charge is -2.04. The Labute approximate surface area is 96.7 Å². The summed E-state index contributed by atoms with van der Waals surface area (Å²) < 4.78 is 0. The molecule has 1 aromatic carbocycles. The first-order valence-corrected chi connectivity index (χ1v) is 6.07. The van der Waals surface area contributed by atoms with Crippen LogP contribution in [0.15, 0.2) is 12.1 Å². The van der Waals surface area contributed by atoms with Crippen LogP contribution in [0.25, 0.3) is 0 Å². The summed E-state index contributed by atoms with van der Waals surface area (Å²) in [6.07, 6.45) is 1.25. The third-order valence-electron chi connectivity index (χ3n) is 2.07. The first kappa shape index (κ1) is 16.6. The van der Waals surface area contributed by atoms with Crippen LogP contribution in [0.4, 0.5) is 0 Å². The molecule has 0 saturated carbocycles. The van der Waals surface area contributed by atoms with Crippen LogP contribution in [-0.2, 0) is 0 Å². The molecule has 1 rings (SSSR count). The van der Waals surface area contributed by atoms with Gasteiger partial charge in [-0.1, -0.05) is 51.8 Å². The first-order chi connectivity index (χ1) is 7.02. The molecule has 1 aromatic rings. The van der Waals surface area contributed by atoms with Gasteiger partial charge in [-0.05, 0) is 44.4 Å². The standard InChI is InChI=1S/C10H14.C3H8.C2H6/c1-7-5-8(2)10(4)9(3)6-7;1-3-2;1-2/h5-6H,1-4H3;3H2,1-2H3;1-2H3. The second-order valence-corrected chi connectivity index (χ2v) is 3.73. The van der Waals surface area contributed by atoms with Crippen molar-refractivity contribution in [2.75, 3.05) is 0 Å². The van der Waals surface area contributed by atoms with Gasteiger partial charge in [0.1, 0.15) is 0 Å². The van der Waals surface area contributed by atoms with Crippen molar-refractivity contribution in [3.63, 3.8) is 0 Å². The van der Waals surface area contributed by atoms with Crippen LogP contribution >= 0.6 is 0 Å². The van der Waals surface area contributed by atoms with Crippen molar-refractivity contribution in [1.82, 2.24) is 0 Å². The van der Waals surface area contributed by atoms with Crippen LogP contribution in [0.2, 0.25) is 0 Å². The third kappa shape index (κ3) is 7.18. The average molecular weight is 208 g/mol. The van der Waals surface area contributed by atoms with E-state index in [2.05, 4.69) is 53.7 Å². The molecule has 0 radical (unpaired) electrons. The summed E-state index contributed by atoms with van der Waals surface area (Å²) in [4.78, 5) is 0. The molecule has 0 spiro atoms. The Balaban J connectivity index is 0. The number of aryl methyl sites for hydroxylation is 3. The molecule has 0 atom stereocenters. The molecule has 0 saturated heterocycles. The number of rotatable bonds is 0. The highest BCUT2D eigenvalue weighted by molar-refractivity contribution is 5.35. The third-order valence-corrected chi connectivity index (χ3v) is 2.07. The number of hydrogen-bond donors (Lipinski definition) is 0. The van der Waals surface area contributed by atoms with Crippen molar-refractivity contribution in [1.29, 1.82) is 0 Å². The first-order valence-electron chi connectivity index (χ1n) is 6.07. The van der Waals surface area contributed by atoms with Crippen LogP contribution in [0.3, 0.4) is 0 Å². The largest absolute Gasteiger partial charge is 0.0683 e. The van der Waals surface area contributed by atoms with Crippen molar-refractivity contribution < 1.29 is 0 Å². The van der Waals surface area contributed by atoms with Gasteiger partial charge in [0, 0.05) is 0 Å². The molecule has 0 aromatic heterocycles. The lowest BCUT2D eigenvalue weighted by atomic mass is 10.0. The van der Waals surface area contributed by atoms with E-state index in [1.807, 2.05) is 13.8 Å². The zero-order chi connectivity index (χ0) is 12.4. The minimum atomic E-state index is 1.25. The average Bonchev–Trinajstić information content (AvgIpc) is 2.18. The van der Waals surface area contributed by atoms with Crippen LogP contribution in [0.5, 0.6) is 0 Å². The Morgan fingerprint density at radius 3 is 1.33 bits per heavy atom. The van der Waals surface area contributed by atoms with Crippen molar-refractivity contribution in [2.45, 2.75) is 61.8 Å². The molecule has 0 fully saturated rings.